The summed E-state index contributed by atoms with van der Waals surface area (Å²) in [4.78, 5) is 8.36. The molecule has 0 bridgehead atoms. The van der Waals surface area contributed by atoms with Crippen molar-refractivity contribution in [3.05, 3.63) is 34.6 Å². The lowest BCUT2D eigenvalue weighted by molar-refractivity contribution is -0.122. The molecule has 3 heteroatoms. The van der Waals surface area contributed by atoms with Crippen LogP contribution in [0.3, 0.4) is 0 Å². The minimum absolute atomic E-state index is 0.0413. The van der Waals surface area contributed by atoms with Crippen molar-refractivity contribution in [3.8, 4) is 0 Å². The molecule has 2 nitrogen and oxygen atoms in total. The first-order chi connectivity index (χ1) is 7.66. The zero-order valence-electron chi connectivity index (χ0n) is 9.29. The van der Waals surface area contributed by atoms with Crippen LogP contribution in [0.2, 0.25) is 0 Å². The third-order valence-corrected chi connectivity index (χ3v) is 3.88. The van der Waals surface area contributed by atoms with E-state index in [4.69, 9.17) is 9.90 Å². The van der Waals surface area contributed by atoms with E-state index >= 15 is 0 Å². The van der Waals surface area contributed by atoms with E-state index in [1.165, 1.54) is 29.5 Å². The van der Waals surface area contributed by atoms with Crippen LogP contribution in [0.25, 0.3) is 0 Å². The monoisotopic (exact) mass is 222 g/mol. The molecular weight excluding hydrogens is 207 g/mol. The third kappa shape index (κ3) is 1.42. The van der Waals surface area contributed by atoms with Crippen molar-refractivity contribution in [3.63, 3.8) is 0 Å². The van der Waals surface area contributed by atoms with Gasteiger partial charge in [0.05, 0.1) is 0 Å². The first-order valence-electron chi connectivity index (χ1n) is 5.56. The Morgan fingerprint density at radius 3 is 2.75 bits per heavy atom. The molecule has 0 spiro atoms. The highest BCUT2D eigenvalue weighted by Gasteiger charge is 2.46. The molecule has 2 aliphatic rings. The van der Waals surface area contributed by atoms with E-state index in [9.17, 15) is 4.39 Å². The van der Waals surface area contributed by atoms with Gasteiger partial charge in [-0.15, -0.1) is 0 Å². The standard InChI is InChI=1S/C12H13F.CH2O2/c1-2-12-4-3-8-5-10(13)6-9(7-12)11(8)12;2-1-3/h5-6H,2-4,7H2,1H3;1H,(H,2,3). The zero-order chi connectivity index (χ0) is 11.8. The highest BCUT2D eigenvalue weighted by atomic mass is 19.1. The van der Waals surface area contributed by atoms with Crippen LogP contribution >= 0.6 is 0 Å². The third-order valence-electron chi connectivity index (χ3n) is 3.88. The summed E-state index contributed by atoms with van der Waals surface area (Å²) in [6, 6.07) is 3.45. The minimum atomic E-state index is -0.250. The average Bonchev–Trinajstić information content (AvgIpc) is 2.52. The van der Waals surface area contributed by atoms with Crippen molar-refractivity contribution < 1.29 is 14.3 Å². The predicted molar refractivity (Wildman–Crippen MR) is 59.1 cm³/mol. The van der Waals surface area contributed by atoms with Gasteiger partial charge < -0.3 is 5.11 Å². The van der Waals surface area contributed by atoms with Crippen LogP contribution in [0, 0.1) is 5.82 Å². The normalized spacial score (nSPS) is 23.9. The van der Waals surface area contributed by atoms with Crippen molar-refractivity contribution >= 4 is 6.47 Å². The van der Waals surface area contributed by atoms with Gasteiger partial charge >= 0.3 is 0 Å². The van der Waals surface area contributed by atoms with Crippen LogP contribution in [0.15, 0.2) is 12.1 Å². The fourth-order valence-corrected chi connectivity index (χ4v) is 3.16. The topological polar surface area (TPSA) is 37.3 Å². The Bertz CT molecular complexity index is 428. The van der Waals surface area contributed by atoms with Crippen molar-refractivity contribution in [1.29, 1.82) is 0 Å². The molecule has 1 unspecified atom stereocenters. The molecule has 0 aromatic heterocycles. The fourth-order valence-electron chi connectivity index (χ4n) is 3.16. The Morgan fingerprint density at radius 2 is 2.12 bits per heavy atom. The van der Waals surface area contributed by atoms with E-state index in [0.29, 0.717) is 5.41 Å². The molecule has 0 aliphatic heterocycles. The number of carboxylic acid groups (broad SMARTS) is 1. The summed E-state index contributed by atoms with van der Waals surface area (Å²) in [5.41, 5.74) is 4.51. The summed E-state index contributed by atoms with van der Waals surface area (Å²) in [7, 11) is 0. The average molecular weight is 222 g/mol. The fraction of sp³-hybridized carbons (Fsp3) is 0.462. The molecule has 0 fully saturated rings. The second kappa shape index (κ2) is 3.89. The van der Waals surface area contributed by atoms with E-state index in [1.807, 2.05) is 0 Å². The van der Waals surface area contributed by atoms with E-state index in [0.717, 1.165) is 12.8 Å². The highest BCUT2D eigenvalue weighted by molar-refractivity contribution is 5.54. The lowest BCUT2D eigenvalue weighted by Crippen LogP contribution is -2.35. The molecule has 0 radical (unpaired) electrons. The summed E-state index contributed by atoms with van der Waals surface area (Å²) in [5, 5.41) is 6.89. The molecule has 0 saturated carbocycles. The zero-order valence-corrected chi connectivity index (χ0v) is 9.29. The van der Waals surface area contributed by atoms with Gasteiger partial charge in [0.15, 0.2) is 0 Å². The summed E-state index contributed by atoms with van der Waals surface area (Å²) in [6.45, 7) is 2.00. The number of halogens is 1. The molecule has 16 heavy (non-hydrogen) atoms. The molecular formula is C13H15FO2. The molecule has 1 aromatic rings. The molecule has 2 aliphatic carbocycles. The molecule has 1 N–H and O–H groups in total. The summed E-state index contributed by atoms with van der Waals surface area (Å²) in [5.74, 6) is -0.0413. The first kappa shape index (κ1) is 11.1. The number of carbonyl (C=O) groups is 1. The quantitative estimate of drug-likeness (QED) is 0.742. The predicted octanol–water partition coefficient (Wildman–Crippen LogP) is 2.68. The molecule has 1 aromatic carbocycles. The molecule has 3 rings (SSSR count). The molecule has 1 atom stereocenters. The number of hydrogen-bond donors (Lipinski definition) is 1. The van der Waals surface area contributed by atoms with Gasteiger partial charge in [0.2, 0.25) is 0 Å². The van der Waals surface area contributed by atoms with Gasteiger partial charge in [-0.1, -0.05) is 6.92 Å². The number of benzene rings is 1. The van der Waals surface area contributed by atoms with Gasteiger partial charge in [-0.2, -0.15) is 0 Å². The van der Waals surface area contributed by atoms with Crippen molar-refractivity contribution in [1.82, 2.24) is 0 Å². The lowest BCUT2D eigenvalue weighted by atomic mass is 9.63. The maximum absolute atomic E-state index is 13.1. The van der Waals surface area contributed by atoms with Gasteiger partial charge in [0.25, 0.3) is 6.47 Å². The maximum Gasteiger partial charge on any atom is 0.290 e. The van der Waals surface area contributed by atoms with Crippen LogP contribution in [0.1, 0.15) is 36.5 Å². The Morgan fingerprint density at radius 1 is 1.50 bits per heavy atom. The minimum Gasteiger partial charge on any atom is -0.483 e. The van der Waals surface area contributed by atoms with Gasteiger partial charge in [-0.3, -0.25) is 4.79 Å². The first-order valence-corrected chi connectivity index (χ1v) is 5.56. The SMILES string of the molecule is CCC12CCc3cc(F)cc(c31)C2.O=CO. The Balaban J connectivity index is 0.000000292. The number of rotatable bonds is 1. The van der Waals surface area contributed by atoms with E-state index in [1.54, 1.807) is 12.1 Å². The summed E-state index contributed by atoms with van der Waals surface area (Å²) >= 11 is 0. The largest absolute Gasteiger partial charge is 0.483 e. The molecule has 0 heterocycles. The van der Waals surface area contributed by atoms with Crippen LogP contribution in [-0.4, -0.2) is 11.6 Å². The van der Waals surface area contributed by atoms with Gasteiger partial charge in [0, 0.05) is 0 Å². The molecule has 0 saturated heterocycles. The van der Waals surface area contributed by atoms with Crippen LogP contribution in [-0.2, 0) is 23.1 Å². The van der Waals surface area contributed by atoms with E-state index in [2.05, 4.69) is 6.92 Å². The Labute approximate surface area is 94.1 Å². The van der Waals surface area contributed by atoms with Crippen LogP contribution in [0.4, 0.5) is 4.39 Å². The molecule has 86 valence electrons. The van der Waals surface area contributed by atoms with Gasteiger partial charge in [0.1, 0.15) is 5.82 Å². The van der Waals surface area contributed by atoms with Crippen molar-refractivity contribution in [2.45, 2.75) is 38.0 Å². The van der Waals surface area contributed by atoms with Crippen LogP contribution < -0.4 is 0 Å². The van der Waals surface area contributed by atoms with Crippen molar-refractivity contribution in [2.24, 2.45) is 0 Å². The highest BCUT2D eigenvalue weighted by Crippen LogP contribution is 2.53. The smallest absolute Gasteiger partial charge is 0.290 e. The molecule has 0 amide bonds. The maximum atomic E-state index is 13.1. The summed E-state index contributed by atoms with van der Waals surface area (Å²) in [6.07, 6.45) is 4.67. The van der Waals surface area contributed by atoms with Crippen molar-refractivity contribution in [2.75, 3.05) is 0 Å². The van der Waals surface area contributed by atoms with E-state index in [-0.39, 0.29) is 12.3 Å². The lowest BCUT2D eigenvalue weighted by Gasteiger charge is -2.40. The van der Waals surface area contributed by atoms with Gasteiger partial charge in [-0.05, 0) is 59.9 Å². The summed E-state index contributed by atoms with van der Waals surface area (Å²) < 4.78 is 13.1. The second-order valence-corrected chi connectivity index (χ2v) is 4.52. The van der Waals surface area contributed by atoms with Gasteiger partial charge in [-0.25, -0.2) is 4.39 Å². The second-order valence-electron chi connectivity index (χ2n) is 4.52. The van der Waals surface area contributed by atoms with Crippen LogP contribution in [0.5, 0.6) is 0 Å². The van der Waals surface area contributed by atoms with E-state index < -0.39 is 0 Å². The number of hydrogen-bond acceptors (Lipinski definition) is 1. The number of aryl methyl sites for hydroxylation is 1. The Hall–Kier alpha value is -1.38. The Kier molecular flexibility index (Phi) is 2.70.